The number of nitrogens with one attached hydrogen (secondary N) is 1. The Hall–Kier alpha value is -1.07. The van der Waals surface area contributed by atoms with E-state index >= 15 is 0 Å². The van der Waals surface area contributed by atoms with Gasteiger partial charge < -0.3 is 10.4 Å². The van der Waals surface area contributed by atoms with Crippen molar-refractivity contribution in [2.45, 2.75) is 51.9 Å². The van der Waals surface area contributed by atoms with Crippen molar-refractivity contribution in [3.63, 3.8) is 0 Å². The van der Waals surface area contributed by atoms with Crippen molar-refractivity contribution in [1.29, 1.82) is 0 Å². The number of hydrogen-bond acceptors (Lipinski definition) is 3. The number of aliphatic hydroxyl groups excluding tert-OH is 1. The first-order valence-electron chi connectivity index (χ1n) is 8.13. The summed E-state index contributed by atoms with van der Waals surface area (Å²) in [5.74, 6) is -0.155. The molecule has 1 saturated carbocycles. The van der Waals surface area contributed by atoms with E-state index in [4.69, 9.17) is 11.6 Å². The molecule has 0 atom stereocenters. The van der Waals surface area contributed by atoms with Crippen molar-refractivity contribution in [2.24, 2.45) is 12.5 Å². The number of aryl methyl sites for hydroxylation is 2. The van der Waals surface area contributed by atoms with E-state index in [0.29, 0.717) is 23.7 Å². The Morgan fingerprint density at radius 2 is 2.09 bits per heavy atom. The first-order valence-corrected chi connectivity index (χ1v) is 8.51. The lowest BCUT2D eigenvalue weighted by atomic mass is 9.72. The molecule has 1 aromatic rings. The minimum absolute atomic E-state index is 0.0315. The maximum absolute atomic E-state index is 12.5. The molecule has 6 heteroatoms. The minimum atomic E-state index is -0.155. The van der Waals surface area contributed by atoms with Crippen LogP contribution in [0.1, 0.15) is 61.5 Å². The summed E-state index contributed by atoms with van der Waals surface area (Å²) in [4.78, 5) is 12.5. The number of amides is 1. The molecule has 0 aliphatic heterocycles. The Balaban J connectivity index is 2.08. The van der Waals surface area contributed by atoms with E-state index in [9.17, 15) is 9.90 Å². The number of hydrogen-bond donors (Lipinski definition) is 2. The highest BCUT2D eigenvalue weighted by Gasteiger charge is 2.32. The van der Waals surface area contributed by atoms with Crippen molar-refractivity contribution in [3.8, 4) is 0 Å². The molecule has 124 valence electrons. The molecule has 1 heterocycles. The van der Waals surface area contributed by atoms with E-state index in [1.54, 1.807) is 11.7 Å². The fraction of sp³-hybridized carbons (Fsp3) is 0.750. The van der Waals surface area contributed by atoms with Gasteiger partial charge in [0.1, 0.15) is 5.15 Å². The van der Waals surface area contributed by atoms with Crippen LogP contribution in [-0.2, 0) is 13.5 Å². The fourth-order valence-corrected chi connectivity index (χ4v) is 3.67. The van der Waals surface area contributed by atoms with Gasteiger partial charge in [-0.05, 0) is 31.1 Å². The van der Waals surface area contributed by atoms with Gasteiger partial charge in [-0.2, -0.15) is 5.10 Å². The summed E-state index contributed by atoms with van der Waals surface area (Å²) in [5, 5.41) is 17.0. The second-order valence-corrected chi connectivity index (χ2v) is 6.66. The minimum Gasteiger partial charge on any atom is -0.396 e. The number of halogens is 1. The van der Waals surface area contributed by atoms with Crippen molar-refractivity contribution >= 4 is 17.5 Å². The van der Waals surface area contributed by atoms with Crippen LogP contribution in [0, 0.1) is 5.41 Å². The molecule has 1 aliphatic carbocycles. The molecular formula is C16H26ClN3O2. The molecule has 5 nitrogen and oxygen atoms in total. The Labute approximate surface area is 137 Å². The number of nitrogens with zero attached hydrogens (tertiary/aromatic N) is 2. The molecule has 0 spiro atoms. The van der Waals surface area contributed by atoms with Crippen LogP contribution < -0.4 is 5.32 Å². The van der Waals surface area contributed by atoms with Crippen LogP contribution in [0.2, 0.25) is 5.15 Å². The van der Waals surface area contributed by atoms with Gasteiger partial charge >= 0.3 is 0 Å². The first-order chi connectivity index (χ1) is 10.5. The standard InChI is InChI=1S/C16H26ClN3O2/c1-3-12-13(14(17)20(2)19-12)15(22)18-11-16(9-10-21)7-5-4-6-8-16/h21H,3-11H2,1-2H3,(H,18,22). The van der Waals surface area contributed by atoms with Gasteiger partial charge in [0.2, 0.25) is 0 Å². The zero-order valence-electron chi connectivity index (χ0n) is 13.5. The maximum Gasteiger partial charge on any atom is 0.256 e. The molecule has 0 saturated heterocycles. The predicted octanol–water partition coefficient (Wildman–Crippen LogP) is 2.70. The smallest absolute Gasteiger partial charge is 0.256 e. The van der Waals surface area contributed by atoms with Gasteiger partial charge in [-0.25, -0.2) is 0 Å². The van der Waals surface area contributed by atoms with Gasteiger partial charge in [-0.1, -0.05) is 37.8 Å². The predicted molar refractivity (Wildman–Crippen MR) is 87.2 cm³/mol. The molecule has 1 aliphatic rings. The zero-order chi connectivity index (χ0) is 16.2. The molecule has 1 fully saturated rings. The summed E-state index contributed by atoms with van der Waals surface area (Å²) >= 11 is 6.20. The summed E-state index contributed by atoms with van der Waals surface area (Å²) in [6, 6.07) is 0. The second kappa shape index (κ2) is 7.47. The Morgan fingerprint density at radius 3 is 2.68 bits per heavy atom. The molecule has 0 aromatic carbocycles. The third-order valence-corrected chi connectivity index (χ3v) is 5.23. The number of rotatable bonds is 6. The highest BCUT2D eigenvalue weighted by atomic mass is 35.5. The summed E-state index contributed by atoms with van der Waals surface area (Å²) in [6.45, 7) is 2.73. The lowest BCUT2D eigenvalue weighted by Gasteiger charge is -2.37. The van der Waals surface area contributed by atoms with Crippen LogP contribution in [0.4, 0.5) is 0 Å². The molecule has 2 N–H and O–H groups in total. The quantitative estimate of drug-likeness (QED) is 0.844. The molecule has 0 unspecified atom stereocenters. The average Bonchev–Trinajstić information content (AvgIpc) is 2.81. The van der Waals surface area contributed by atoms with Crippen LogP contribution in [0.25, 0.3) is 0 Å². The van der Waals surface area contributed by atoms with Crippen molar-refractivity contribution < 1.29 is 9.90 Å². The van der Waals surface area contributed by atoms with Crippen LogP contribution >= 0.6 is 11.6 Å². The van der Waals surface area contributed by atoms with Gasteiger partial charge in [0.15, 0.2) is 0 Å². The summed E-state index contributed by atoms with van der Waals surface area (Å²) in [7, 11) is 1.74. The van der Waals surface area contributed by atoms with Crippen LogP contribution in [0.5, 0.6) is 0 Å². The van der Waals surface area contributed by atoms with Crippen LogP contribution in [0.3, 0.4) is 0 Å². The van der Waals surface area contributed by atoms with Crippen molar-refractivity contribution in [3.05, 3.63) is 16.4 Å². The van der Waals surface area contributed by atoms with Crippen LogP contribution in [-0.4, -0.2) is 33.9 Å². The van der Waals surface area contributed by atoms with E-state index in [1.807, 2.05) is 6.92 Å². The third-order valence-electron chi connectivity index (χ3n) is 4.79. The number of carbonyl (C=O) groups is 1. The molecular weight excluding hydrogens is 302 g/mol. The molecule has 22 heavy (non-hydrogen) atoms. The monoisotopic (exact) mass is 327 g/mol. The van der Waals surface area contributed by atoms with Gasteiger partial charge in [-0.15, -0.1) is 0 Å². The normalized spacial score (nSPS) is 17.5. The Morgan fingerprint density at radius 1 is 1.41 bits per heavy atom. The zero-order valence-corrected chi connectivity index (χ0v) is 14.2. The number of aliphatic hydroxyl groups is 1. The maximum atomic E-state index is 12.5. The number of carbonyl (C=O) groups excluding carboxylic acids is 1. The molecule has 0 bridgehead atoms. The molecule has 1 amide bonds. The highest BCUT2D eigenvalue weighted by Crippen LogP contribution is 2.38. The van der Waals surface area contributed by atoms with Gasteiger partial charge in [0.25, 0.3) is 5.91 Å². The Bertz CT molecular complexity index is 516. The van der Waals surface area contributed by atoms with Gasteiger partial charge in [0, 0.05) is 20.2 Å². The fourth-order valence-electron chi connectivity index (χ4n) is 3.44. The summed E-state index contributed by atoms with van der Waals surface area (Å²) < 4.78 is 1.54. The second-order valence-electron chi connectivity index (χ2n) is 6.31. The first kappa shape index (κ1) is 17.3. The Kier molecular flexibility index (Phi) is 5.87. The van der Waals surface area contributed by atoms with E-state index in [-0.39, 0.29) is 17.9 Å². The number of aromatic nitrogens is 2. The molecule has 0 radical (unpaired) electrons. The van der Waals surface area contributed by atoms with Crippen LogP contribution in [0.15, 0.2) is 0 Å². The summed E-state index contributed by atoms with van der Waals surface area (Å²) in [5.41, 5.74) is 1.25. The topological polar surface area (TPSA) is 67.2 Å². The highest BCUT2D eigenvalue weighted by molar-refractivity contribution is 6.33. The average molecular weight is 328 g/mol. The molecule has 2 rings (SSSR count). The third kappa shape index (κ3) is 3.63. The van der Waals surface area contributed by atoms with E-state index in [2.05, 4.69) is 10.4 Å². The van der Waals surface area contributed by atoms with Crippen molar-refractivity contribution in [2.75, 3.05) is 13.2 Å². The van der Waals surface area contributed by atoms with Gasteiger partial charge in [0.05, 0.1) is 11.3 Å². The lowest BCUT2D eigenvalue weighted by Crippen LogP contribution is -2.39. The summed E-state index contributed by atoms with van der Waals surface area (Å²) in [6.07, 6.45) is 7.13. The van der Waals surface area contributed by atoms with E-state index in [1.165, 1.54) is 19.3 Å². The molecule has 1 aromatic heterocycles. The SMILES string of the molecule is CCc1nn(C)c(Cl)c1C(=O)NCC1(CCO)CCCCC1. The largest absolute Gasteiger partial charge is 0.396 e. The van der Waals surface area contributed by atoms with Gasteiger partial charge in [-0.3, -0.25) is 9.48 Å². The van der Waals surface area contributed by atoms with E-state index < -0.39 is 0 Å². The van der Waals surface area contributed by atoms with Crippen molar-refractivity contribution in [1.82, 2.24) is 15.1 Å². The van der Waals surface area contributed by atoms with E-state index in [0.717, 1.165) is 25.0 Å². The lowest BCUT2D eigenvalue weighted by molar-refractivity contribution is 0.0868.